The summed E-state index contributed by atoms with van der Waals surface area (Å²) < 4.78 is 0. The van der Waals surface area contributed by atoms with Gasteiger partial charge in [-0.3, -0.25) is 4.79 Å². The summed E-state index contributed by atoms with van der Waals surface area (Å²) in [4.78, 5) is 24.5. The third kappa shape index (κ3) is 4.17. The van der Waals surface area contributed by atoms with E-state index >= 15 is 0 Å². The molecule has 1 aromatic carbocycles. The van der Waals surface area contributed by atoms with E-state index in [4.69, 9.17) is 0 Å². The number of hydrogen-bond acceptors (Lipinski definition) is 4. The molecule has 28 heavy (non-hydrogen) atoms. The molecule has 0 saturated carbocycles. The van der Waals surface area contributed by atoms with Crippen molar-refractivity contribution in [2.75, 3.05) is 43.9 Å². The maximum atomic E-state index is 12.5. The highest BCUT2D eigenvalue weighted by Gasteiger charge is 2.20. The highest BCUT2D eigenvalue weighted by atomic mass is 16.1. The molecule has 6 nitrogen and oxygen atoms in total. The highest BCUT2D eigenvalue weighted by Crippen LogP contribution is 2.25. The number of carbonyl (C=O) groups excluding carboxylic acids is 1. The van der Waals surface area contributed by atoms with Crippen molar-refractivity contribution >= 4 is 28.3 Å². The molecule has 1 aliphatic heterocycles. The fraction of sp³-hybridized carbons (Fsp3) is 0.364. The van der Waals surface area contributed by atoms with Gasteiger partial charge in [0.25, 0.3) is 5.91 Å². The Morgan fingerprint density at radius 3 is 2.64 bits per heavy atom. The molecule has 2 aromatic heterocycles. The number of aromatic nitrogens is 2. The summed E-state index contributed by atoms with van der Waals surface area (Å²) in [5.74, 6) is 0.630. The zero-order valence-corrected chi connectivity index (χ0v) is 16.5. The van der Waals surface area contributed by atoms with Crippen molar-refractivity contribution in [2.45, 2.75) is 12.8 Å². The molecule has 0 radical (unpaired) electrons. The van der Waals surface area contributed by atoms with Crippen molar-refractivity contribution in [3.05, 3.63) is 54.4 Å². The number of amides is 1. The smallest absolute Gasteiger partial charge is 0.272 e. The highest BCUT2D eigenvalue weighted by molar-refractivity contribution is 6.05. The molecule has 4 rings (SSSR count). The van der Waals surface area contributed by atoms with E-state index < -0.39 is 0 Å². The van der Waals surface area contributed by atoms with Crippen molar-refractivity contribution in [2.24, 2.45) is 5.92 Å². The van der Waals surface area contributed by atoms with Gasteiger partial charge >= 0.3 is 0 Å². The maximum Gasteiger partial charge on any atom is 0.272 e. The molecule has 1 fully saturated rings. The van der Waals surface area contributed by atoms with E-state index in [1.807, 2.05) is 30.3 Å². The molecule has 1 aliphatic rings. The molecular formula is C22H27N5O. The predicted molar refractivity (Wildman–Crippen MR) is 114 cm³/mol. The number of pyridine rings is 1. The largest absolute Gasteiger partial charge is 0.372 e. The Morgan fingerprint density at radius 2 is 1.96 bits per heavy atom. The number of fused-ring (bicyclic) bond motifs is 1. The molecule has 0 unspecified atom stereocenters. The van der Waals surface area contributed by atoms with Gasteiger partial charge in [-0.1, -0.05) is 0 Å². The molecule has 3 heterocycles. The van der Waals surface area contributed by atoms with Crippen LogP contribution in [0, 0.1) is 5.92 Å². The van der Waals surface area contributed by atoms with Crippen molar-refractivity contribution < 1.29 is 4.79 Å². The number of anilines is 2. The number of carbonyl (C=O) groups is 1. The van der Waals surface area contributed by atoms with Crippen molar-refractivity contribution in [3.63, 3.8) is 0 Å². The zero-order valence-electron chi connectivity index (χ0n) is 16.5. The van der Waals surface area contributed by atoms with Gasteiger partial charge in [-0.2, -0.15) is 0 Å². The fourth-order valence-electron chi connectivity index (χ4n) is 3.92. The lowest BCUT2D eigenvalue weighted by Crippen LogP contribution is -2.37. The first kappa shape index (κ1) is 18.5. The number of piperidine rings is 1. The number of hydrogen-bond donors (Lipinski definition) is 2. The first-order valence-electron chi connectivity index (χ1n) is 9.83. The number of rotatable bonds is 5. The van der Waals surface area contributed by atoms with Gasteiger partial charge in [-0.25, -0.2) is 4.98 Å². The molecular weight excluding hydrogens is 350 g/mol. The van der Waals surface area contributed by atoms with Gasteiger partial charge in [-0.05, 0) is 75.3 Å². The van der Waals surface area contributed by atoms with E-state index in [9.17, 15) is 4.79 Å². The lowest BCUT2D eigenvalue weighted by Gasteiger charge is -2.34. The summed E-state index contributed by atoms with van der Waals surface area (Å²) in [6.45, 7) is 3.35. The molecule has 0 aliphatic carbocycles. The molecule has 2 N–H and O–H groups in total. The fourth-order valence-corrected chi connectivity index (χ4v) is 3.92. The van der Waals surface area contributed by atoms with E-state index in [1.165, 1.54) is 25.1 Å². The average Bonchev–Trinajstić information content (AvgIpc) is 3.13. The molecule has 1 saturated heterocycles. The molecule has 3 aromatic rings. The van der Waals surface area contributed by atoms with Gasteiger partial charge in [0.1, 0.15) is 11.3 Å². The van der Waals surface area contributed by atoms with Crippen molar-refractivity contribution in [1.82, 2.24) is 14.9 Å². The Balaban J connectivity index is 1.36. The molecule has 6 heteroatoms. The van der Waals surface area contributed by atoms with Crippen LogP contribution in [0.1, 0.15) is 23.3 Å². The third-order valence-corrected chi connectivity index (χ3v) is 5.36. The molecule has 0 bridgehead atoms. The van der Waals surface area contributed by atoms with Crippen LogP contribution in [0.5, 0.6) is 0 Å². The Hall–Kier alpha value is -2.86. The Labute approximate surface area is 165 Å². The quantitative estimate of drug-likeness (QED) is 0.713. The van der Waals surface area contributed by atoms with Crippen LogP contribution in [0.4, 0.5) is 11.4 Å². The van der Waals surface area contributed by atoms with Gasteiger partial charge in [0, 0.05) is 42.6 Å². The van der Waals surface area contributed by atoms with Crippen LogP contribution in [-0.4, -0.2) is 54.5 Å². The summed E-state index contributed by atoms with van der Waals surface area (Å²) in [5.41, 5.74) is 3.25. The monoisotopic (exact) mass is 377 g/mol. The summed E-state index contributed by atoms with van der Waals surface area (Å²) in [7, 11) is 4.29. The van der Waals surface area contributed by atoms with Crippen molar-refractivity contribution in [1.29, 1.82) is 0 Å². The van der Waals surface area contributed by atoms with Gasteiger partial charge in [0.15, 0.2) is 0 Å². The minimum absolute atomic E-state index is 0.157. The summed E-state index contributed by atoms with van der Waals surface area (Å²) in [5, 5.41) is 3.89. The van der Waals surface area contributed by atoms with E-state index in [2.05, 4.69) is 51.3 Å². The van der Waals surface area contributed by atoms with Crippen LogP contribution in [-0.2, 0) is 0 Å². The number of aromatic amines is 1. The van der Waals surface area contributed by atoms with Crippen LogP contribution < -0.4 is 10.2 Å². The van der Waals surface area contributed by atoms with Gasteiger partial charge in [0.2, 0.25) is 0 Å². The van der Waals surface area contributed by atoms with Crippen molar-refractivity contribution in [3.8, 4) is 0 Å². The second kappa shape index (κ2) is 8.02. The third-order valence-electron chi connectivity index (χ3n) is 5.36. The van der Waals surface area contributed by atoms with Crippen LogP contribution in [0.15, 0.2) is 48.7 Å². The summed E-state index contributed by atoms with van der Waals surface area (Å²) >= 11 is 0. The van der Waals surface area contributed by atoms with Gasteiger partial charge in [-0.15, -0.1) is 0 Å². The lowest BCUT2D eigenvalue weighted by molar-refractivity contribution is 0.102. The number of H-pyrrole nitrogens is 1. The minimum atomic E-state index is -0.157. The molecule has 0 atom stereocenters. The van der Waals surface area contributed by atoms with Crippen LogP contribution >= 0.6 is 0 Å². The normalized spacial score (nSPS) is 15.3. The second-order valence-electron chi connectivity index (χ2n) is 7.82. The summed E-state index contributed by atoms with van der Waals surface area (Å²) in [6.07, 6.45) is 4.17. The van der Waals surface area contributed by atoms with Crippen LogP contribution in [0.25, 0.3) is 11.0 Å². The lowest BCUT2D eigenvalue weighted by atomic mass is 9.96. The Morgan fingerprint density at radius 1 is 1.21 bits per heavy atom. The Bertz CT molecular complexity index is 906. The average molecular weight is 377 g/mol. The van der Waals surface area contributed by atoms with E-state index in [1.54, 1.807) is 6.20 Å². The number of benzene rings is 1. The number of nitrogens with one attached hydrogen (secondary N) is 2. The second-order valence-corrected chi connectivity index (χ2v) is 7.82. The molecule has 1 amide bonds. The van der Waals surface area contributed by atoms with Crippen LogP contribution in [0.3, 0.4) is 0 Å². The van der Waals surface area contributed by atoms with Gasteiger partial charge < -0.3 is 20.1 Å². The van der Waals surface area contributed by atoms with E-state index in [0.29, 0.717) is 5.69 Å². The summed E-state index contributed by atoms with van der Waals surface area (Å²) in [6, 6.07) is 13.7. The van der Waals surface area contributed by atoms with E-state index in [-0.39, 0.29) is 5.91 Å². The molecule has 0 spiro atoms. The topological polar surface area (TPSA) is 64.3 Å². The number of nitrogens with zero attached hydrogens (tertiary/aromatic N) is 3. The van der Waals surface area contributed by atoms with Gasteiger partial charge in [0.05, 0.1) is 0 Å². The first-order valence-corrected chi connectivity index (χ1v) is 9.83. The molecule has 146 valence electrons. The zero-order chi connectivity index (χ0) is 19.5. The maximum absolute atomic E-state index is 12.5. The predicted octanol–water partition coefficient (Wildman–Crippen LogP) is 3.59. The van der Waals surface area contributed by atoms with E-state index in [0.717, 1.165) is 35.7 Å². The first-order chi connectivity index (χ1) is 13.6. The standard InChI is InChI=1S/C22H27N5O/c1-26(2)15-16-9-12-27(13-10-16)19-7-5-18(6-8-19)24-22(28)20-14-17-4-3-11-23-21(17)25-20/h3-8,11,14,16H,9-10,12-13,15H2,1-2H3,(H,23,25)(H,24,28). The minimum Gasteiger partial charge on any atom is -0.372 e. The Kier molecular flexibility index (Phi) is 5.30. The SMILES string of the molecule is CN(C)CC1CCN(c2ccc(NC(=O)c3cc4cccnc4[nH]3)cc2)CC1. The van der Waals surface area contributed by atoms with Crippen LogP contribution in [0.2, 0.25) is 0 Å².